The van der Waals surface area contributed by atoms with E-state index in [4.69, 9.17) is 16.3 Å². The summed E-state index contributed by atoms with van der Waals surface area (Å²) >= 11 is 7.38. The van der Waals surface area contributed by atoms with Crippen LogP contribution in [-0.2, 0) is 11.2 Å². The topological polar surface area (TPSA) is 98.8 Å². The number of amides is 1. The van der Waals surface area contributed by atoms with Crippen LogP contribution in [-0.4, -0.2) is 27.3 Å². The predicted molar refractivity (Wildman–Crippen MR) is 115 cm³/mol. The molecule has 0 spiro atoms. The van der Waals surface area contributed by atoms with E-state index in [-0.39, 0.29) is 23.8 Å². The molecule has 30 heavy (non-hydrogen) atoms. The van der Waals surface area contributed by atoms with Crippen molar-refractivity contribution in [2.75, 3.05) is 12.4 Å². The summed E-state index contributed by atoms with van der Waals surface area (Å²) in [6.45, 7) is 0. The van der Waals surface area contributed by atoms with Gasteiger partial charge in [-0.2, -0.15) is 0 Å². The molecule has 1 amide bonds. The Labute approximate surface area is 179 Å². The molecule has 0 radical (unpaired) electrons. The summed E-state index contributed by atoms with van der Waals surface area (Å²) in [4.78, 5) is 28.3. The Morgan fingerprint density at radius 1 is 1.30 bits per heavy atom. The molecule has 0 bridgehead atoms. The van der Waals surface area contributed by atoms with Crippen molar-refractivity contribution in [3.8, 4) is 17.0 Å². The van der Waals surface area contributed by atoms with Gasteiger partial charge in [0.05, 0.1) is 35.9 Å². The molecule has 2 aromatic carbocycles. The number of carbonyl (C=O) groups is 1. The van der Waals surface area contributed by atoms with Crippen molar-refractivity contribution in [1.29, 1.82) is 0 Å². The SMILES string of the molecule is COc1cc([N+](=O)[O-])ccc1NC(=O)Cc1csc2nc(-c3ccc(Cl)cc3)cn12. The van der Waals surface area contributed by atoms with Gasteiger partial charge in [0, 0.05) is 33.9 Å². The lowest BCUT2D eigenvalue weighted by molar-refractivity contribution is -0.384. The first-order valence-electron chi connectivity index (χ1n) is 8.78. The van der Waals surface area contributed by atoms with E-state index in [1.54, 1.807) is 12.1 Å². The summed E-state index contributed by atoms with van der Waals surface area (Å²) in [6.07, 6.45) is 1.99. The monoisotopic (exact) mass is 442 g/mol. The van der Waals surface area contributed by atoms with Gasteiger partial charge in [0.25, 0.3) is 5.69 Å². The first-order chi connectivity index (χ1) is 14.4. The highest BCUT2D eigenvalue weighted by Gasteiger charge is 2.16. The second-order valence-electron chi connectivity index (χ2n) is 6.38. The number of hydrogen-bond acceptors (Lipinski definition) is 6. The molecule has 0 atom stereocenters. The van der Waals surface area contributed by atoms with Gasteiger partial charge in [-0.15, -0.1) is 11.3 Å². The molecular weight excluding hydrogens is 428 g/mol. The normalized spacial score (nSPS) is 10.9. The predicted octanol–water partition coefficient (Wildman–Crippen LogP) is 4.81. The largest absolute Gasteiger partial charge is 0.494 e. The number of nitrogens with one attached hydrogen (secondary N) is 1. The third-order valence-corrected chi connectivity index (χ3v) is 5.58. The third kappa shape index (κ3) is 3.98. The van der Waals surface area contributed by atoms with Gasteiger partial charge < -0.3 is 10.1 Å². The highest BCUT2D eigenvalue weighted by molar-refractivity contribution is 7.15. The van der Waals surface area contributed by atoms with Crippen molar-refractivity contribution in [3.63, 3.8) is 0 Å². The number of halogens is 1. The van der Waals surface area contributed by atoms with Crippen molar-refractivity contribution in [1.82, 2.24) is 9.38 Å². The number of anilines is 1. The number of aromatic nitrogens is 2. The minimum atomic E-state index is -0.520. The third-order valence-electron chi connectivity index (χ3n) is 4.44. The van der Waals surface area contributed by atoms with Crippen molar-refractivity contribution in [2.24, 2.45) is 0 Å². The number of hydrogen-bond donors (Lipinski definition) is 1. The molecule has 0 saturated heterocycles. The molecule has 1 N–H and O–H groups in total. The Bertz CT molecular complexity index is 1250. The minimum absolute atomic E-state index is 0.108. The zero-order valence-electron chi connectivity index (χ0n) is 15.7. The van der Waals surface area contributed by atoms with Gasteiger partial charge in [0.2, 0.25) is 5.91 Å². The lowest BCUT2D eigenvalue weighted by Crippen LogP contribution is -2.16. The van der Waals surface area contributed by atoms with Crippen LogP contribution in [0.25, 0.3) is 16.2 Å². The highest BCUT2D eigenvalue weighted by Crippen LogP contribution is 2.29. The van der Waals surface area contributed by atoms with E-state index in [0.717, 1.165) is 21.9 Å². The Balaban J connectivity index is 1.53. The van der Waals surface area contributed by atoms with Crippen LogP contribution in [0, 0.1) is 10.1 Å². The average Bonchev–Trinajstić information content (AvgIpc) is 3.30. The van der Waals surface area contributed by atoms with Crippen LogP contribution in [0.3, 0.4) is 0 Å². The number of benzene rings is 2. The molecule has 0 unspecified atom stereocenters. The second-order valence-corrected chi connectivity index (χ2v) is 7.65. The molecular formula is C20H15ClN4O4S. The average molecular weight is 443 g/mol. The minimum Gasteiger partial charge on any atom is -0.494 e. The van der Waals surface area contributed by atoms with E-state index in [1.165, 1.54) is 36.6 Å². The molecule has 2 aromatic heterocycles. The summed E-state index contributed by atoms with van der Waals surface area (Å²) in [5, 5.41) is 16.2. The molecule has 0 aliphatic rings. The molecule has 0 fully saturated rings. The van der Waals surface area contributed by atoms with E-state index in [0.29, 0.717) is 10.7 Å². The number of nitrogens with zero attached hydrogens (tertiary/aromatic N) is 3. The van der Waals surface area contributed by atoms with Crippen molar-refractivity contribution < 1.29 is 14.5 Å². The number of imidazole rings is 1. The maximum Gasteiger partial charge on any atom is 0.273 e. The standard InChI is InChI=1S/C20H15ClN4O4S/c1-29-18-8-14(25(27)28)6-7-16(18)22-19(26)9-15-11-30-20-23-17(10-24(15)20)12-2-4-13(21)5-3-12/h2-8,10-11H,9H2,1H3,(H,22,26). The van der Waals surface area contributed by atoms with E-state index in [9.17, 15) is 14.9 Å². The van der Waals surface area contributed by atoms with Gasteiger partial charge in [-0.3, -0.25) is 19.3 Å². The summed E-state index contributed by atoms with van der Waals surface area (Å²) in [6, 6.07) is 11.4. The van der Waals surface area contributed by atoms with Gasteiger partial charge in [0.1, 0.15) is 5.75 Å². The Morgan fingerprint density at radius 3 is 2.77 bits per heavy atom. The van der Waals surface area contributed by atoms with Crippen LogP contribution in [0.15, 0.2) is 54.0 Å². The van der Waals surface area contributed by atoms with E-state index in [2.05, 4.69) is 10.3 Å². The number of rotatable bonds is 6. The summed E-state index contributed by atoms with van der Waals surface area (Å²) in [7, 11) is 1.39. The zero-order valence-corrected chi connectivity index (χ0v) is 17.2. The van der Waals surface area contributed by atoms with Gasteiger partial charge in [-0.1, -0.05) is 23.7 Å². The molecule has 0 aliphatic carbocycles. The molecule has 2 heterocycles. The molecule has 0 aliphatic heterocycles. The number of nitro groups is 1. The zero-order chi connectivity index (χ0) is 21.3. The van der Waals surface area contributed by atoms with Gasteiger partial charge in [0.15, 0.2) is 4.96 Å². The fraction of sp³-hybridized carbons (Fsp3) is 0.100. The van der Waals surface area contributed by atoms with Crippen LogP contribution >= 0.6 is 22.9 Å². The second kappa shape index (κ2) is 8.13. The van der Waals surface area contributed by atoms with Crippen LogP contribution in [0.5, 0.6) is 5.75 Å². The Hall–Kier alpha value is -3.43. The quantitative estimate of drug-likeness (QED) is 0.341. The number of fused-ring (bicyclic) bond motifs is 1. The number of carbonyl (C=O) groups excluding carboxylic acids is 1. The molecule has 4 aromatic rings. The maximum absolute atomic E-state index is 12.6. The van der Waals surface area contributed by atoms with Crippen LogP contribution in [0.2, 0.25) is 5.02 Å². The Morgan fingerprint density at radius 2 is 2.07 bits per heavy atom. The van der Waals surface area contributed by atoms with Gasteiger partial charge >= 0.3 is 0 Å². The number of ether oxygens (including phenoxy) is 1. The Kier molecular flexibility index (Phi) is 5.39. The number of methoxy groups -OCH3 is 1. The lowest BCUT2D eigenvalue weighted by atomic mass is 10.2. The van der Waals surface area contributed by atoms with Crippen LogP contribution in [0.4, 0.5) is 11.4 Å². The van der Waals surface area contributed by atoms with E-state index in [1.807, 2.05) is 28.1 Å². The van der Waals surface area contributed by atoms with Crippen LogP contribution < -0.4 is 10.1 Å². The number of nitro benzene ring substituents is 1. The first kappa shape index (κ1) is 19.9. The van der Waals surface area contributed by atoms with E-state index < -0.39 is 4.92 Å². The molecule has 10 heteroatoms. The van der Waals surface area contributed by atoms with Crippen molar-refractivity contribution in [2.45, 2.75) is 6.42 Å². The highest BCUT2D eigenvalue weighted by atomic mass is 35.5. The summed E-state index contributed by atoms with van der Waals surface area (Å²) in [5.74, 6) is -0.0516. The molecule has 152 valence electrons. The molecule has 4 rings (SSSR count). The first-order valence-corrected chi connectivity index (χ1v) is 10.0. The van der Waals surface area contributed by atoms with E-state index >= 15 is 0 Å². The number of thiazole rings is 1. The smallest absolute Gasteiger partial charge is 0.273 e. The van der Waals surface area contributed by atoms with Crippen LogP contribution in [0.1, 0.15) is 5.69 Å². The lowest BCUT2D eigenvalue weighted by Gasteiger charge is -2.09. The van der Waals surface area contributed by atoms with Gasteiger partial charge in [-0.25, -0.2) is 4.98 Å². The summed E-state index contributed by atoms with van der Waals surface area (Å²) in [5.41, 5.74) is 2.75. The summed E-state index contributed by atoms with van der Waals surface area (Å²) < 4.78 is 7.04. The van der Waals surface area contributed by atoms with Crippen molar-refractivity contribution >= 4 is 45.2 Å². The fourth-order valence-electron chi connectivity index (χ4n) is 2.97. The fourth-order valence-corrected chi connectivity index (χ4v) is 3.97. The maximum atomic E-state index is 12.6. The van der Waals surface area contributed by atoms with Crippen molar-refractivity contribution in [3.05, 3.63) is 74.9 Å². The van der Waals surface area contributed by atoms with Gasteiger partial charge in [-0.05, 0) is 18.2 Å². The molecule has 8 nitrogen and oxygen atoms in total. The number of non-ortho nitro benzene ring substituents is 1. The molecule has 0 saturated carbocycles.